The molecule has 0 unspecified atom stereocenters. The van der Waals surface area contributed by atoms with Crippen LogP contribution < -0.4 is 0 Å². The molecular formula is C71H61F3IrN4O-2. The number of rotatable bonds is 10. The summed E-state index contributed by atoms with van der Waals surface area (Å²) < 4.78 is 49.3. The molecule has 12 aromatic rings. The quantitative estimate of drug-likeness (QED) is 0.128. The molecule has 13 rings (SSSR count). The second-order valence-electron chi connectivity index (χ2n) is 22.2. The monoisotopic (exact) mass is 1240 g/mol. The van der Waals surface area contributed by atoms with Gasteiger partial charge in [-0.05, 0) is 129 Å². The molecule has 3 heterocycles. The standard InChI is InChI=1S/C44H35N2O.C27H26F3N2.Ir/c1-26(2)36-23-30(28-20-21-34-33-14-7-10-19-41(33)47-42(34)25-28)24-37(27(3)4)43(36)46-40-18-9-8-17-39(40)45-44(46)35-16-11-15-32-31-13-6-5-12-29(31)22-38(32)35;1-17(2)21-8-7-9-22(18(3)4)25(21)32-24-11-6-5-10-23(24)31-26(32)20-14-12-19(13-15-20)16-27(28,29)30;/h5-15,17-21,23-27H,22H2,1-4H3;5-14,17-18H,16H2,1-4H3;/q2*-1;. The number of hydrogen-bond acceptors (Lipinski definition) is 3. The summed E-state index contributed by atoms with van der Waals surface area (Å²) in [4.78, 5) is 10.2. The van der Waals surface area contributed by atoms with E-state index in [9.17, 15) is 13.2 Å². The summed E-state index contributed by atoms with van der Waals surface area (Å²) in [5.41, 5.74) is 22.7. The maximum absolute atomic E-state index is 12.8. The van der Waals surface area contributed by atoms with Gasteiger partial charge in [-0.3, -0.25) is 9.97 Å². The van der Waals surface area contributed by atoms with E-state index in [4.69, 9.17) is 14.4 Å². The van der Waals surface area contributed by atoms with Crippen LogP contribution in [0.3, 0.4) is 0 Å². The van der Waals surface area contributed by atoms with Gasteiger partial charge in [0.25, 0.3) is 0 Å². The van der Waals surface area contributed by atoms with Gasteiger partial charge < -0.3 is 13.6 Å². The van der Waals surface area contributed by atoms with Gasteiger partial charge in [-0.1, -0.05) is 152 Å². The maximum Gasteiger partial charge on any atom is 0.385 e. The molecule has 0 fully saturated rings. The summed E-state index contributed by atoms with van der Waals surface area (Å²) >= 11 is 0. The Morgan fingerprint density at radius 2 is 1.10 bits per heavy atom. The van der Waals surface area contributed by atoms with Crippen LogP contribution in [0.5, 0.6) is 0 Å². The number of halogens is 3. The summed E-state index contributed by atoms with van der Waals surface area (Å²) in [7, 11) is 0. The van der Waals surface area contributed by atoms with Gasteiger partial charge in [0, 0.05) is 48.7 Å². The van der Waals surface area contributed by atoms with E-state index < -0.39 is 12.6 Å². The number of benzene rings is 9. The molecule has 0 atom stereocenters. The van der Waals surface area contributed by atoms with E-state index in [2.05, 4.69) is 198 Å². The van der Waals surface area contributed by atoms with Crippen molar-refractivity contribution in [2.24, 2.45) is 0 Å². The second-order valence-corrected chi connectivity index (χ2v) is 22.2. The molecule has 403 valence electrons. The summed E-state index contributed by atoms with van der Waals surface area (Å²) in [6.07, 6.45) is -4.32. The van der Waals surface area contributed by atoms with E-state index >= 15 is 0 Å². The number of fused-ring (bicyclic) bond motifs is 8. The first-order chi connectivity index (χ1) is 38.1. The van der Waals surface area contributed by atoms with Gasteiger partial charge in [-0.15, -0.1) is 64.7 Å². The van der Waals surface area contributed by atoms with Crippen LogP contribution in [0.25, 0.3) is 100 Å². The average Bonchev–Trinajstić information content (AvgIpc) is 4.31. The summed E-state index contributed by atoms with van der Waals surface area (Å²) in [6.45, 7) is 17.9. The summed E-state index contributed by atoms with van der Waals surface area (Å²) in [6, 6.07) is 66.9. The molecule has 1 aliphatic rings. The Balaban J connectivity index is 0.000000180. The summed E-state index contributed by atoms with van der Waals surface area (Å²) in [5, 5.41) is 2.31. The predicted molar refractivity (Wildman–Crippen MR) is 318 cm³/mol. The third-order valence-corrected chi connectivity index (χ3v) is 15.6. The van der Waals surface area contributed by atoms with Gasteiger partial charge in [0.2, 0.25) is 0 Å². The van der Waals surface area contributed by atoms with Gasteiger partial charge >= 0.3 is 6.18 Å². The summed E-state index contributed by atoms with van der Waals surface area (Å²) in [5.74, 6) is 2.77. The van der Waals surface area contributed by atoms with Crippen molar-refractivity contribution >= 4 is 44.0 Å². The number of alkyl halides is 3. The Kier molecular flexibility index (Phi) is 14.7. The number of aromatic nitrogens is 4. The molecule has 5 nitrogen and oxygen atoms in total. The molecule has 0 spiro atoms. The van der Waals surface area contributed by atoms with E-state index in [1.807, 2.05) is 36.4 Å². The van der Waals surface area contributed by atoms with Gasteiger partial charge in [0.15, 0.2) is 0 Å². The van der Waals surface area contributed by atoms with E-state index in [0.717, 1.165) is 73.1 Å². The number of hydrogen-bond donors (Lipinski definition) is 0. The molecule has 1 aliphatic carbocycles. The number of nitrogens with zero attached hydrogens (tertiary/aromatic N) is 4. The molecule has 1 radical (unpaired) electrons. The Morgan fingerprint density at radius 1 is 0.525 bits per heavy atom. The zero-order valence-corrected chi connectivity index (χ0v) is 48.5. The molecule has 80 heavy (non-hydrogen) atoms. The predicted octanol–water partition coefficient (Wildman–Crippen LogP) is 19.7. The van der Waals surface area contributed by atoms with Crippen LogP contribution in [-0.2, 0) is 32.9 Å². The largest absolute Gasteiger partial charge is 0.456 e. The van der Waals surface area contributed by atoms with Crippen molar-refractivity contribution in [1.29, 1.82) is 0 Å². The van der Waals surface area contributed by atoms with Crippen LogP contribution in [-0.4, -0.2) is 25.3 Å². The fraction of sp³-hybridized carbons (Fsp3) is 0.211. The topological polar surface area (TPSA) is 48.8 Å². The van der Waals surface area contributed by atoms with Crippen molar-refractivity contribution in [3.8, 4) is 56.4 Å². The molecule has 9 aromatic carbocycles. The van der Waals surface area contributed by atoms with Crippen LogP contribution in [0.1, 0.15) is 118 Å². The van der Waals surface area contributed by atoms with Crippen molar-refractivity contribution in [3.05, 3.63) is 227 Å². The van der Waals surface area contributed by atoms with Gasteiger partial charge in [0.05, 0.1) is 33.7 Å². The van der Waals surface area contributed by atoms with Gasteiger partial charge in [-0.25, -0.2) is 0 Å². The molecule has 0 saturated carbocycles. The molecule has 0 amide bonds. The first-order valence-corrected chi connectivity index (χ1v) is 27.5. The minimum absolute atomic E-state index is 0. The van der Waals surface area contributed by atoms with E-state index in [1.165, 1.54) is 67.9 Å². The van der Waals surface area contributed by atoms with Crippen molar-refractivity contribution in [1.82, 2.24) is 19.1 Å². The zero-order chi connectivity index (χ0) is 54.9. The molecule has 0 aliphatic heterocycles. The Bertz CT molecular complexity index is 4210. The average molecular weight is 1240 g/mol. The number of imidazole rings is 2. The molecular weight excluding hydrogens is 1170 g/mol. The van der Waals surface area contributed by atoms with Gasteiger partial charge in [0.1, 0.15) is 11.2 Å². The van der Waals surface area contributed by atoms with Crippen LogP contribution >= 0.6 is 0 Å². The SMILES string of the molecule is CC(C)c1cc(-c2ccc3c(c2)oc2ccccc23)cc(C(C)C)c1-n1c(-c2[c-]ccc3c2Cc2ccccc2-3)nc2ccccc21.CC(C)c1cccc(C(C)C)c1-n1c(-c2[c-]cc(CC(F)(F)F)cc2)nc2ccccc21.[Ir]. The molecule has 3 aromatic heterocycles. The Labute approximate surface area is 479 Å². The van der Waals surface area contributed by atoms with E-state index in [0.29, 0.717) is 11.4 Å². The minimum Gasteiger partial charge on any atom is -0.456 e. The molecule has 0 saturated heterocycles. The van der Waals surface area contributed by atoms with Crippen LogP contribution in [0.15, 0.2) is 180 Å². The minimum atomic E-state index is -4.25. The fourth-order valence-corrected chi connectivity index (χ4v) is 11.7. The first-order valence-electron chi connectivity index (χ1n) is 27.5. The van der Waals surface area contributed by atoms with Crippen LogP contribution in [0.2, 0.25) is 0 Å². The smallest absolute Gasteiger partial charge is 0.385 e. The molecule has 0 bridgehead atoms. The first kappa shape index (κ1) is 54.1. The van der Waals surface area contributed by atoms with Gasteiger partial charge in [-0.2, -0.15) is 13.2 Å². The zero-order valence-electron chi connectivity index (χ0n) is 46.1. The number of para-hydroxylation sites is 6. The van der Waals surface area contributed by atoms with Crippen molar-refractivity contribution in [2.75, 3.05) is 0 Å². The third-order valence-electron chi connectivity index (χ3n) is 15.6. The molecule has 9 heteroatoms. The number of furan rings is 1. The maximum atomic E-state index is 12.8. The van der Waals surface area contributed by atoms with E-state index in [-0.39, 0.29) is 49.3 Å². The third kappa shape index (κ3) is 9.89. The second kappa shape index (κ2) is 21.7. The van der Waals surface area contributed by atoms with Crippen LogP contribution in [0.4, 0.5) is 13.2 Å². The van der Waals surface area contributed by atoms with Crippen LogP contribution in [0, 0.1) is 12.1 Å². The van der Waals surface area contributed by atoms with Crippen molar-refractivity contribution in [2.45, 2.75) is 98.1 Å². The van der Waals surface area contributed by atoms with Crippen molar-refractivity contribution in [3.63, 3.8) is 0 Å². The van der Waals surface area contributed by atoms with Crippen molar-refractivity contribution < 1.29 is 37.7 Å². The van der Waals surface area contributed by atoms with E-state index in [1.54, 1.807) is 6.07 Å². The normalized spacial score (nSPS) is 12.3. The Morgan fingerprint density at radius 3 is 1.74 bits per heavy atom. The Hall–Kier alpha value is -7.84. The molecule has 0 N–H and O–H groups in total. The fourth-order valence-electron chi connectivity index (χ4n) is 11.7.